The molecule has 0 amide bonds. The maximum absolute atomic E-state index is 5.23. The Balaban J connectivity index is 2.54. The summed E-state index contributed by atoms with van der Waals surface area (Å²) in [5.41, 5.74) is 1.06. The molecule has 1 aromatic rings. The number of rotatable bonds is 8. The molecule has 18 heavy (non-hydrogen) atoms. The molecule has 1 rings (SSSR count). The van der Waals surface area contributed by atoms with Crippen molar-refractivity contribution in [1.82, 2.24) is 0 Å². The maximum atomic E-state index is 5.23. The minimum Gasteiger partial charge on any atom is -0.352 e. The van der Waals surface area contributed by atoms with E-state index in [2.05, 4.69) is 38.1 Å². The fourth-order valence-corrected chi connectivity index (χ4v) is 3.06. The first kappa shape index (κ1) is 15.5. The van der Waals surface area contributed by atoms with E-state index < -0.39 is 0 Å². The largest absolute Gasteiger partial charge is 0.352 e. The summed E-state index contributed by atoms with van der Waals surface area (Å²) in [6.45, 7) is 4.53. The first-order chi connectivity index (χ1) is 8.74. The first-order valence-corrected chi connectivity index (χ1v) is 7.52. The summed E-state index contributed by atoms with van der Waals surface area (Å²) >= 11 is 1.93. The predicted octanol–water partition coefficient (Wildman–Crippen LogP) is 4.51. The Morgan fingerprint density at radius 2 is 1.56 bits per heavy atom. The molecule has 0 radical (unpaired) electrons. The highest BCUT2D eigenvalue weighted by Gasteiger charge is 2.09. The zero-order chi connectivity index (χ0) is 13.4. The van der Waals surface area contributed by atoms with Gasteiger partial charge < -0.3 is 9.47 Å². The van der Waals surface area contributed by atoms with Crippen LogP contribution in [0.15, 0.2) is 29.2 Å². The van der Waals surface area contributed by atoms with Crippen LogP contribution in [0.4, 0.5) is 0 Å². The van der Waals surface area contributed by atoms with Gasteiger partial charge in [0.2, 0.25) is 0 Å². The van der Waals surface area contributed by atoms with Crippen molar-refractivity contribution in [3.05, 3.63) is 29.8 Å². The van der Waals surface area contributed by atoms with Gasteiger partial charge in [0, 0.05) is 30.4 Å². The summed E-state index contributed by atoms with van der Waals surface area (Å²) in [4.78, 5) is 1.32. The minimum absolute atomic E-state index is 0.261. The van der Waals surface area contributed by atoms with Gasteiger partial charge in [0.1, 0.15) is 0 Å². The summed E-state index contributed by atoms with van der Waals surface area (Å²) in [6, 6.07) is 8.45. The van der Waals surface area contributed by atoms with Crippen molar-refractivity contribution >= 4 is 11.8 Å². The number of thioether (sulfide) groups is 1. The monoisotopic (exact) mass is 268 g/mol. The van der Waals surface area contributed by atoms with E-state index >= 15 is 0 Å². The van der Waals surface area contributed by atoms with Gasteiger partial charge in [-0.15, -0.1) is 11.8 Å². The molecule has 102 valence electrons. The normalized spacial score (nSPS) is 11.4. The molecular weight excluding hydrogens is 244 g/mol. The van der Waals surface area contributed by atoms with Crippen molar-refractivity contribution in [3.63, 3.8) is 0 Å². The minimum atomic E-state index is -0.261. The van der Waals surface area contributed by atoms with E-state index in [0.29, 0.717) is 0 Å². The van der Waals surface area contributed by atoms with Crippen LogP contribution in [0.3, 0.4) is 0 Å². The average Bonchev–Trinajstić information content (AvgIpc) is 2.43. The van der Waals surface area contributed by atoms with Crippen molar-refractivity contribution in [3.8, 4) is 0 Å². The third kappa shape index (κ3) is 4.63. The molecule has 0 N–H and O–H groups in total. The number of methoxy groups -OCH3 is 2. The lowest BCUT2D eigenvalue weighted by Gasteiger charge is -2.14. The van der Waals surface area contributed by atoms with Gasteiger partial charge in [0.05, 0.1) is 0 Å². The van der Waals surface area contributed by atoms with E-state index in [1.54, 1.807) is 14.2 Å². The van der Waals surface area contributed by atoms with E-state index in [0.717, 1.165) is 11.5 Å². The summed E-state index contributed by atoms with van der Waals surface area (Å²) in [5.74, 6) is 2.02. The van der Waals surface area contributed by atoms with Gasteiger partial charge in [0.25, 0.3) is 0 Å². The average molecular weight is 268 g/mol. The van der Waals surface area contributed by atoms with Crippen molar-refractivity contribution in [2.75, 3.05) is 20.0 Å². The zero-order valence-electron chi connectivity index (χ0n) is 11.8. The first-order valence-electron chi connectivity index (χ1n) is 6.53. The van der Waals surface area contributed by atoms with Crippen LogP contribution < -0.4 is 0 Å². The van der Waals surface area contributed by atoms with E-state index in [9.17, 15) is 0 Å². The van der Waals surface area contributed by atoms with Crippen LogP contribution in [0.2, 0.25) is 0 Å². The Kier molecular flexibility index (Phi) is 7.40. The van der Waals surface area contributed by atoms with Crippen molar-refractivity contribution < 1.29 is 9.47 Å². The molecule has 0 unspecified atom stereocenters. The standard InChI is InChI=1S/C15H24O2S/c1-5-12(6-2)11-18-14-9-7-13(8-10-14)15(16-3)17-4/h7-10,12,15H,5-6,11H2,1-4H3. The molecular formula is C15H24O2S. The topological polar surface area (TPSA) is 18.5 Å². The predicted molar refractivity (Wildman–Crippen MR) is 78.0 cm³/mol. The second-order valence-corrected chi connectivity index (χ2v) is 5.46. The second-order valence-electron chi connectivity index (χ2n) is 4.37. The van der Waals surface area contributed by atoms with Crippen LogP contribution in [-0.2, 0) is 9.47 Å². The molecule has 2 nitrogen and oxygen atoms in total. The summed E-state index contributed by atoms with van der Waals surface area (Å²) < 4.78 is 10.5. The van der Waals surface area contributed by atoms with Gasteiger partial charge in [0.15, 0.2) is 6.29 Å². The van der Waals surface area contributed by atoms with Crippen LogP contribution in [0.5, 0.6) is 0 Å². The van der Waals surface area contributed by atoms with Gasteiger partial charge in [-0.3, -0.25) is 0 Å². The smallest absolute Gasteiger partial charge is 0.183 e. The molecule has 0 spiro atoms. The highest BCUT2D eigenvalue weighted by atomic mass is 32.2. The third-order valence-electron chi connectivity index (χ3n) is 3.22. The number of ether oxygens (including phenoxy) is 2. The quantitative estimate of drug-likeness (QED) is 0.510. The van der Waals surface area contributed by atoms with Gasteiger partial charge in [-0.25, -0.2) is 0 Å². The van der Waals surface area contributed by atoms with Gasteiger partial charge in [-0.2, -0.15) is 0 Å². The molecule has 0 aliphatic rings. The number of benzene rings is 1. The molecule has 0 atom stereocenters. The molecule has 0 aromatic heterocycles. The number of hydrogen-bond donors (Lipinski definition) is 0. The molecule has 0 aliphatic carbocycles. The lowest BCUT2D eigenvalue weighted by atomic mass is 10.1. The SMILES string of the molecule is CCC(CC)CSc1ccc(C(OC)OC)cc1. The highest BCUT2D eigenvalue weighted by Crippen LogP contribution is 2.26. The Morgan fingerprint density at radius 1 is 1.00 bits per heavy atom. The lowest BCUT2D eigenvalue weighted by Crippen LogP contribution is -2.03. The molecule has 3 heteroatoms. The Labute approximate surface area is 115 Å². The Bertz CT molecular complexity index is 316. The molecule has 0 heterocycles. The van der Waals surface area contributed by atoms with Gasteiger partial charge >= 0.3 is 0 Å². The highest BCUT2D eigenvalue weighted by molar-refractivity contribution is 7.99. The number of hydrogen-bond acceptors (Lipinski definition) is 3. The van der Waals surface area contributed by atoms with Crippen LogP contribution in [-0.4, -0.2) is 20.0 Å². The van der Waals surface area contributed by atoms with Crippen LogP contribution in [0.25, 0.3) is 0 Å². The van der Waals surface area contributed by atoms with Gasteiger partial charge in [-0.1, -0.05) is 38.8 Å². The van der Waals surface area contributed by atoms with E-state index in [1.165, 1.54) is 23.5 Å². The third-order valence-corrected chi connectivity index (χ3v) is 4.46. The van der Waals surface area contributed by atoms with Crippen LogP contribution >= 0.6 is 11.8 Å². The fourth-order valence-electron chi connectivity index (χ4n) is 1.83. The lowest BCUT2D eigenvalue weighted by molar-refractivity contribution is -0.106. The zero-order valence-corrected chi connectivity index (χ0v) is 12.6. The van der Waals surface area contributed by atoms with Crippen molar-refractivity contribution in [2.24, 2.45) is 5.92 Å². The molecule has 1 aromatic carbocycles. The summed E-state index contributed by atoms with van der Waals surface area (Å²) in [7, 11) is 3.31. The van der Waals surface area contributed by atoms with Crippen LogP contribution in [0, 0.1) is 5.92 Å². The maximum Gasteiger partial charge on any atom is 0.183 e. The van der Waals surface area contributed by atoms with E-state index in [1.807, 2.05) is 11.8 Å². The Morgan fingerprint density at radius 3 is 2.00 bits per heavy atom. The summed E-state index contributed by atoms with van der Waals surface area (Å²) in [6.07, 6.45) is 2.26. The molecule has 0 saturated heterocycles. The molecule has 0 fully saturated rings. The van der Waals surface area contributed by atoms with Gasteiger partial charge in [-0.05, 0) is 18.1 Å². The Hall–Kier alpha value is -0.510. The molecule has 0 aliphatic heterocycles. The van der Waals surface area contributed by atoms with E-state index in [-0.39, 0.29) is 6.29 Å². The summed E-state index contributed by atoms with van der Waals surface area (Å²) in [5, 5.41) is 0. The van der Waals surface area contributed by atoms with E-state index in [4.69, 9.17) is 9.47 Å². The van der Waals surface area contributed by atoms with Crippen molar-refractivity contribution in [1.29, 1.82) is 0 Å². The van der Waals surface area contributed by atoms with Crippen molar-refractivity contribution in [2.45, 2.75) is 37.9 Å². The fraction of sp³-hybridized carbons (Fsp3) is 0.600. The molecule has 0 bridgehead atoms. The van der Waals surface area contributed by atoms with Crippen LogP contribution in [0.1, 0.15) is 38.5 Å². The molecule has 0 saturated carbocycles. The second kappa shape index (κ2) is 8.57.